The highest BCUT2D eigenvalue weighted by atomic mass is 35.5. The first kappa shape index (κ1) is 10.3. The number of halogens is 1. The maximum Gasteiger partial charge on any atom is 0.119 e. The van der Waals surface area contributed by atoms with E-state index in [0.717, 1.165) is 5.56 Å². The molecule has 0 aliphatic carbocycles. The van der Waals surface area contributed by atoms with Crippen LogP contribution in [0.1, 0.15) is 11.3 Å². The molecule has 0 radical (unpaired) electrons. The minimum Gasteiger partial charge on any atom is -0.345 e. The van der Waals surface area contributed by atoms with Crippen LogP contribution in [-0.4, -0.2) is 4.98 Å². The Balaban J connectivity index is 2.56. The lowest BCUT2D eigenvalue weighted by molar-refractivity contribution is 1.33. The van der Waals surface area contributed by atoms with E-state index < -0.39 is 0 Å². The predicted octanol–water partition coefficient (Wildman–Crippen LogP) is 3.08. The standard InChI is InChI=1S/C12H6ClN3/c13-10-3-1-8(2-4-10)12-9(6-14)5-11(7-15)16-12/h1-5,16H. The highest BCUT2D eigenvalue weighted by molar-refractivity contribution is 6.30. The monoisotopic (exact) mass is 227 g/mol. The van der Waals surface area contributed by atoms with Gasteiger partial charge in [-0.2, -0.15) is 10.5 Å². The molecule has 0 bridgehead atoms. The molecule has 2 aromatic rings. The van der Waals surface area contributed by atoms with Crippen LogP contribution in [0.25, 0.3) is 11.3 Å². The molecule has 0 spiro atoms. The van der Waals surface area contributed by atoms with Gasteiger partial charge in [0.15, 0.2) is 0 Å². The number of benzene rings is 1. The molecule has 0 aliphatic heterocycles. The van der Waals surface area contributed by atoms with Gasteiger partial charge < -0.3 is 4.98 Å². The highest BCUT2D eigenvalue weighted by Gasteiger charge is 2.09. The molecule has 0 saturated carbocycles. The van der Waals surface area contributed by atoms with E-state index in [1.165, 1.54) is 6.07 Å². The minimum atomic E-state index is 0.376. The van der Waals surface area contributed by atoms with Crippen LogP contribution in [0.15, 0.2) is 30.3 Å². The third-order valence-electron chi connectivity index (χ3n) is 2.19. The summed E-state index contributed by atoms with van der Waals surface area (Å²) in [5.41, 5.74) is 2.32. The average Bonchev–Trinajstić information content (AvgIpc) is 2.73. The summed E-state index contributed by atoms with van der Waals surface area (Å²) in [6.45, 7) is 0. The number of aromatic amines is 1. The number of nitriles is 2. The molecule has 0 fully saturated rings. The maximum atomic E-state index is 8.94. The summed E-state index contributed by atoms with van der Waals surface area (Å²) in [6.07, 6.45) is 0. The molecule has 16 heavy (non-hydrogen) atoms. The van der Waals surface area contributed by atoms with Crippen LogP contribution in [0, 0.1) is 22.7 Å². The number of nitrogens with one attached hydrogen (secondary N) is 1. The Morgan fingerprint density at radius 1 is 1.06 bits per heavy atom. The zero-order valence-electron chi connectivity index (χ0n) is 8.16. The number of aromatic nitrogens is 1. The van der Waals surface area contributed by atoms with Gasteiger partial charge in [0, 0.05) is 5.02 Å². The Hall–Kier alpha value is -2.23. The third-order valence-corrected chi connectivity index (χ3v) is 2.44. The summed E-state index contributed by atoms with van der Waals surface area (Å²) < 4.78 is 0. The van der Waals surface area contributed by atoms with Gasteiger partial charge in [-0.15, -0.1) is 0 Å². The van der Waals surface area contributed by atoms with E-state index in [1.807, 2.05) is 12.1 Å². The van der Waals surface area contributed by atoms with Crippen molar-refractivity contribution in [3.05, 3.63) is 46.6 Å². The molecular weight excluding hydrogens is 222 g/mol. The van der Waals surface area contributed by atoms with Crippen LogP contribution >= 0.6 is 11.6 Å². The van der Waals surface area contributed by atoms with E-state index >= 15 is 0 Å². The average molecular weight is 228 g/mol. The molecule has 1 aromatic heterocycles. The van der Waals surface area contributed by atoms with Crippen molar-refractivity contribution in [1.82, 2.24) is 4.98 Å². The smallest absolute Gasteiger partial charge is 0.119 e. The summed E-state index contributed by atoms with van der Waals surface area (Å²) in [6, 6.07) is 12.6. The van der Waals surface area contributed by atoms with Gasteiger partial charge in [0.2, 0.25) is 0 Å². The fraction of sp³-hybridized carbons (Fsp3) is 0. The van der Waals surface area contributed by atoms with Crippen molar-refractivity contribution < 1.29 is 0 Å². The van der Waals surface area contributed by atoms with Crippen LogP contribution in [0.5, 0.6) is 0 Å². The molecule has 1 N–H and O–H groups in total. The molecule has 76 valence electrons. The Morgan fingerprint density at radius 2 is 1.75 bits per heavy atom. The molecule has 4 heteroatoms. The van der Waals surface area contributed by atoms with Crippen molar-refractivity contribution in [1.29, 1.82) is 10.5 Å². The fourth-order valence-electron chi connectivity index (χ4n) is 1.45. The molecule has 0 amide bonds. The van der Waals surface area contributed by atoms with E-state index in [0.29, 0.717) is 22.0 Å². The number of rotatable bonds is 1. The Kier molecular flexibility index (Phi) is 2.64. The fourth-order valence-corrected chi connectivity index (χ4v) is 1.57. The Morgan fingerprint density at radius 3 is 2.31 bits per heavy atom. The SMILES string of the molecule is N#Cc1cc(C#N)c(-c2ccc(Cl)cc2)[nH]1. The van der Waals surface area contributed by atoms with Crippen LogP contribution < -0.4 is 0 Å². The molecule has 2 rings (SSSR count). The van der Waals surface area contributed by atoms with E-state index in [-0.39, 0.29) is 0 Å². The molecule has 0 aliphatic rings. The summed E-state index contributed by atoms with van der Waals surface area (Å²) in [5, 5.41) is 18.3. The lowest BCUT2D eigenvalue weighted by Crippen LogP contribution is -1.81. The first-order valence-corrected chi connectivity index (χ1v) is 4.91. The van der Waals surface area contributed by atoms with Gasteiger partial charge in [-0.05, 0) is 23.8 Å². The van der Waals surface area contributed by atoms with Gasteiger partial charge in [0.1, 0.15) is 17.8 Å². The molecule has 3 nitrogen and oxygen atoms in total. The molecular formula is C12H6ClN3. The lowest BCUT2D eigenvalue weighted by Gasteiger charge is -1.98. The summed E-state index contributed by atoms with van der Waals surface area (Å²) >= 11 is 5.78. The minimum absolute atomic E-state index is 0.376. The highest BCUT2D eigenvalue weighted by Crippen LogP contribution is 2.24. The Labute approximate surface area is 97.5 Å². The lowest BCUT2D eigenvalue weighted by atomic mass is 10.1. The predicted molar refractivity (Wildman–Crippen MR) is 60.7 cm³/mol. The van der Waals surface area contributed by atoms with Gasteiger partial charge in [-0.1, -0.05) is 23.7 Å². The zero-order valence-corrected chi connectivity index (χ0v) is 8.92. The van der Waals surface area contributed by atoms with Crippen LogP contribution in [0.3, 0.4) is 0 Å². The molecule has 0 unspecified atom stereocenters. The quantitative estimate of drug-likeness (QED) is 0.814. The van der Waals surface area contributed by atoms with E-state index in [2.05, 4.69) is 4.98 Å². The van der Waals surface area contributed by atoms with Crippen LogP contribution in [0.2, 0.25) is 5.02 Å². The van der Waals surface area contributed by atoms with Crippen molar-refractivity contribution in [2.24, 2.45) is 0 Å². The van der Waals surface area contributed by atoms with Crippen LogP contribution in [-0.2, 0) is 0 Å². The van der Waals surface area contributed by atoms with E-state index in [1.54, 1.807) is 24.3 Å². The van der Waals surface area contributed by atoms with Crippen LogP contribution in [0.4, 0.5) is 0 Å². The second-order valence-corrected chi connectivity index (χ2v) is 3.64. The maximum absolute atomic E-state index is 8.94. The molecule has 0 saturated heterocycles. The van der Waals surface area contributed by atoms with Gasteiger partial charge >= 0.3 is 0 Å². The molecule has 1 heterocycles. The van der Waals surface area contributed by atoms with Crippen molar-refractivity contribution in [2.75, 3.05) is 0 Å². The van der Waals surface area contributed by atoms with Crippen molar-refractivity contribution in [3.63, 3.8) is 0 Å². The summed E-state index contributed by atoms with van der Waals surface area (Å²) in [5.74, 6) is 0. The van der Waals surface area contributed by atoms with E-state index in [4.69, 9.17) is 22.1 Å². The van der Waals surface area contributed by atoms with Gasteiger partial charge in [0.25, 0.3) is 0 Å². The van der Waals surface area contributed by atoms with E-state index in [9.17, 15) is 0 Å². The molecule has 1 aromatic carbocycles. The second kappa shape index (κ2) is 4.10. The first-order valence-electron chi connectivity index (χ1n) is 4.53. The number of hydrogen-bond donors (Lipinski definition) is 1. The first-order chi connectivity index (χ1) is 7.74. The van der Waals surface area contributed by atoms with Gasteiger partial charge in [-0.25, -0.2) is 0 Å². The number of nitrogens with zero attached hydrogens (tertiary/aromatic N) is 2. The Bertz CT molecular complexity index is 597. The number of H-pyrrole nitrogens is 1. The summed E-state index contributed by atoms with van der Waals surface area (Å²) in [4.78, 5) is 2.89. The topological polar surface area (TPSA) is 63.4 Å². The van der Waals surface area contributed by atoms with Crippen molar-refractivity contribution in [3.8, 4) is 23.4 Å². The summed E-state index contributed by atoms with van der Waals surface area (Å²) in [7, 11) is 0. The largest absolute Gasteiger partial charge is 0.345 e. The van der Waals surface area contributed by atoms with Crippen molar-refractivity contribution in [2.45, 2.75) is 0 Å². The van der Waals surface area contributed by atoms with Gasteiger partial charge in [0.05, 0.1) is 11.3 Å². The van der Waals surface area contributed by atoms with Crippen molar-refractivity contribution >= 4 is 11.6 Å². The molecule has 0 atom stereocenters. The number of hydrogen-bond acceptors (Lipinski definition) is 2. The zero-order chi connectivity index (χ0) is 11.5. The third kappa shape index (κ3) is 1.77. The normalized spacial score (nSPS) is 9.44. The second-order valence-electron chi connectivity index (χ2n) is 3.20. The van der Waals surface area contributed by atoms with Gasteiger partial charge in [-0.3, -0.25) is 0 Å².